The van der Waals surface area contributed by atoms with Crippen molar-refractivity contribution in [3.05, 3.63) is 60.8 Å². The fraction of sp³-hybridized carbons (Fsp3) is 0.824. The summed E-state index contributed by atoms with van der Waals surface area (Å²) < 4.78 is 146. The van der Waals surface area contributed by atoms with Gasteiger partial charge in [-0.05, 0) is 175 Å². The van der Waals surface area contributed by atoms with Crippen molar-refractivity contribution in [2.24, 2.45) is 47.3 Å². The number of fused-ring (bicyclic) bond motifs is 5. The van der Waals surface area contributed by atoms with Crippen molar-refractivity contribution in [3.8, 4) is 0 Å². The van der Waals surface area contributed by atoms with Crippen molar-refractivity contribution in [2.75, 3.05) is 34.5 Å². The third kappa shape index (κ3) is 17.1. The van der Waals surface area contributed by atoms with Gasteiger partial charge in [0.05, 0.1) is 0 Å². The van der Waals surface area contributed by atoms with E-state index in [1.54, 1.807) is 55.9 Å². The molecule has 0 aromatic carbocycles. The van der Waals surface area contributed by atoms with Gasteiger partial charge in [-0.25, -0.2) is 24.0 Å². The summed E-state index contributed by atoms with van der Waals surface area (Å²) >= 11 is 0. The lowest BCUT2D eigenvalue weighted by Gasteiger charge is -2.58. The summed E-state index contributed by atoms with van der Waals surface area (Å²) in [5.74, 6) is -0.186. The van der Waals surface area contributed by atoms with Crippen LogP contribution < -0.4 is 0 Å². The standard InChI is InChI=1S/C20H28O6.C19H26O6.C16H24O6.2C15H22O6/c1-4-22-18-15-16(19(24-18)23-17(21)10(2)3)26-20(25-15)13-6-11-5-12(8-13)9-14(20)7-11;1-9(2)16(20)22-18-15-14(17(21-3)23-18)24-19(25-15)12-5-10-4-11(7-12)8-13(19)6-10;1-4-18-14-11-12(15(20-14)19-13(17)10(2)3)22-16(21-11)8-6-5-7-9-16;2*1-9(2)12(16)18-14-11-10(13(17-3)19-14)20-15(21-11)7-5-4-6-8-15/h11-16,18-19H,2,4-9H2,1,3H3;10-15,17-18H,1,4-8H2,2-3H3;11-12,14-15H,2,4-9H2,1,3H3;2*10-11,13-14H,1,4-8H2,2-3H3. The number of rotatable bonds is 17. The van der Waals surface area contributed by atoms with E-state index in [4.69, 9.17) is 118 Å². The number of carbonyl (C=O) groups excluding carboxylic acids is 5. The molecule has 20 atom stereocenters. The largest absolute Gasteiger partial charge is 0.429 e. The van der Waals surface area contributed by atoms with Crippen LogP contribution in [0.1, 0.15) is 209 Å². The summed E-state index contributed by atoms with van der Waals surface area (Å²) in [7, 11) is 4.66. The van der Waals surface area contributed by atoms with E-state index in [1.165, 1.54) is 83.5 Å². The lowest BCUT2D eigenvalue weighted by Crippen LogP contribution is -2.59. The molecule has 0 aromatic heterocycles. The number of methoxy groups -OCH3 is 3. The maximum absolute atomic E-state index is 12.0. The lowest BCUT2D eigenvalue weighted by molar-refractivity contribution is -0.336. The summed E-state index contributed by atoms with van der Waals surface area (Å²) in [6.45, 7) is 30.8. The zero-order chi connectivity index (χ0) is 81.2. The molecule has 11 saturated carbocycles. The number of hydrogen-bond acceptors (Lipinski definition) is 30. The monoisotopic (exact) mass is 1620 g/mol. The normalized spacial score (nSPS) is 43.6. The highest BCUT2D eigenvalue weighted by Gasteiger charge is 2.72. The fourth-order valence-electron chi connectivity index (χ4n) is 21.8. The van der Waals surface area contributed by atoms with E-state index in [-0.39, 0.29) is 30.5 Å². The molecule has 642 valence electrons. The van der Waals surface area contributed by atoms with E-state index in [0.717, 1.165) is 101 Å². The van der Waals surface area contributed by atoms with E-state index in [9.17, 15) is 24.0 Å². The fourth-order valence-corrected chi connectivity index (χ4v) is 21.8. The molecule has 115 heavy (non-hydrogen) atoms. The quantitative estimate of drug-likeness (QED) is 0.0742. The van der Waals surface area contributed by atoms with Crippen LogP contribution in [0, 0.1) is 47.3 Å². The van der Waals surface area contributed by atoms with E-state index >= 15 is 0 Å². The maximum Gasteiger partial charge on any atom is 0.335 e. The molecule has 21 fully saturated rings. The molecule has 10 heterocycles. The minimum absolute atomic E-state index is 0.322. The van der Waals surface area contributed by atoms with Gasteiger partial charge in [-0.1, -0.05) is 52.2 Å². The molecule has 0 amide bonds. The molecule has 30 heteroatoms. The topological polar surface area (TPSA) is 316 Å². The first-order valence-electron chi connectivity index (χ1n) is 42.3. The van der Waals surface area contributed by atoms with Crippen molar-refractivity contribution in [1.82, 2.24) is 0 Å². The van der Waals surface area contributed by atoms with Gasteiger partial charge in [0, 0.05) is 125 Å². The molecular weight excluding hydrogens is 1500 g/mol. The summed E-state index contributed by atoms with van der Waals surface area (Å²) in [5, 5.41) is 0. The van der Waals surface area contributed by atoms with Gasteiger partial charge < -0.3 is 118 Å². The predicted octanol–water partition coefficient (Wildman–Crippen LogP) is 11.2. The lowest BCUT2D eigenvalue weighted by atomic mass is 9.53. The Morgan fingerprint density at radius 3 is 0.687 bits per heavy atom. The SMILES string of the molecule is C=C(C)C(=O)OC1OC(OC)C2OC3(CCCCC3)OC12.C=C(C)C(=O)OC1OC(OC)C2OC3(CCCCC3)OC12.C=C(C)C(=O)OC1OC(OC)C2OC3(OC12)C1CC2CC(C1)CC3C2.C=C(C)C(=O)OC1OC(OCC)C2OC3(CCCCC3)OC12.C=C(C)C(=O)OC1OC(OCC)C2OC3(OC12)C1CC2CC(C1)CC3C2. The van der Waals surface area contributed by atoms with Gasteiger partial charge in [0.1, 0.15) is 30.5 Å². The van der Waals surface area contributed by atoms with Crippen LogP contribution >= 0.6 is 0 Å². The van der Waals surface area contributed by atoms with Gasteiger partial charge in [0.25, 0.3) is 0 Å². The van der Waals surface area contributed by atoms with Crippen molar-refractivity contribution >= 4 is 29.8 Å². The van der Waals surface area contributed by atoms with Crippen molar-refractivity contribution < 1.29 is 142 Å². The first kappa shape index (κ1) is 85.2. The van der Waals surface area contributed by atoms with Crippen LogP contribution in [0.5, 0.6) is 0 Å². The van der Waals surface area contributed by atoms with Gasteiger partial charge in [-0.15, -0.1) is 0 Å². The molecule has 21 rings (SSSR count). The molecule has 10 aliphatic heterocycles. The van der Waals surface area contributed by atoms with E-state index in [0.29, 0.717) is 64.8 Å². The van der Waals surface area contributed by atoms with E-state index in [2.05, 4.69) is 32.9 Å². The third-order valence-electron chi connectivity index (χ3n) is 26.6. The molecule has 5 spiro atoms. The van der Waals surface area contributed by atoms with Gasteiger partial charge in [-0.3, -0.25) is 0 Å². The van der Waals surface area contributed by atoms with Crippen LogP contribution in [-0.2, 0) is 142 Å². The Bertz CT molecular complexity index is 3420. The average molecular weight is 1620 g/mol. The van der Waals surface area contributed by atoms with Crippen LogP contribution in [0.15, 0.2) is 60.8 Å². The van der Waals surface area contributed by atoms with Crippen molar-refractivity contribution in [2.45, 2.75) is 362 Å². The summed E-state index contributed by atoms with van der Waals surface area (Å²) in [4.78, 5) is 59.2. The first-order valence-corrected chi connectivity index (χ1v) is 42.3. The summed E-state index contributed by atoms with van der Waals surface area (Å²) in [6.07, 6.45) is 16.5. The van der Waals surface area contributed by atoms with Crippen molar-refractivity contribution in [1.29, 1.82) is 0 Å². The van der Waals surface area contributed by atoms with Gasteiger partial charge in [-0.2, -0.15) is 0 Å². The Balaban J connectivity index is 0.000000113. The van der Waals surface area contributed by atoms with Crippen LogP contribution in [0.2, 0.25) is 0 Å². The first-order chi connectivity index (χ1) is 55.1. The van der Waals surface area contributed by atoms with Crippen LogP contribution in [0.3, 0.4) is 0 Å². The molecule has 11 aliphatic carbocycles. The molecule has 0 radical (unpaired) electrons. The second kappa shape index (κ2) is 35.0. The Labute approximate surface area is 674 Å². The van der Waals surface area contributed by atoms with Gasteiger partial charge >= 0.3 is 29.8 Å². The zero-order valence-electron chi connectivity index (χ0n) is 68.5. The van der Waals surface area contributed by atoms with Gasteiger partial charge in [0.2, 0.25) is 31.5 Å². The second-order valence-electron chi connectivity index (χ2n) is 35.2. The summed E-state index contributed by atoms with van der Waals surface area (Å²) in [5.41, 5.74) is 1.65. The minimum atomic E-state index is -0.814. The van der Waals surface area contributed by atoms with E-state index in [1.807, 2.05) is 13.8 Å². The summed E-state index contributed by atoms with van der Waals surface area (Å²) in [6, 6.07) is 0. The molecular formula is C85H122O30. The molecule has 20 unspecified atom stereocenters. The van der Waals surface area contributed by atoms with Crippen LogP contribution in [0.4, 0.5) is 0 Å². The molecule has 0 N–H and O–H groups in total. The molecule has 10 saturated heterocycles. The Morgan fingerprint density at radius 1 is 0.278 bits per heavy atom. The minimum Gasteiger partial charge on any atom is -0.429 e. The molecule has 21 aliphatic rings. The highest BCUT2D eigenvalue weighted by Crippen LogP contribution is 2.66. The van der Waals surface area contributed by atoms with Crippen molar-refractivity contribution in [3.63, 3.8) is 0 Å². The molecule has 8 bridgehead atoms. The average Bonchev–Trinajstić information content (AvgIpc) is 1.60. The number of carbonyl (C=O) groups is 5. The highest BCUT2D eigenvalue weighted by atomic mass is 16.9. The number of ether oxygens (including phenoxy) is 25. The molecule has 0 aromatic rings. The van der Waals surface area contributed by atoms with Crippen LogP contribution in [0.25, 0.3) is 0 Å². The smallest absolute Gasteiger partial charge is 0.335 e. The predicted molar refractivity (Wildman–Crippen MR) is 398 cm³/mol. The Hall–Kier alpha value is -4.75. The molecule has 30 nitrogen and oxygen atoms in total. The Morgan fingerprint density at radius 2 is 0.470 bits per heavy atom. The zero-order valence-corrected chi connectivity index (χ0v) is 68.5. The highest BCUT2D eigenvalue weighted by molar-refractivity contribution is 5.88. The number of hydrogen-bond donors (Lipinski definition) is 0. The number of esters is 5. The maximum atomic E-state index is 12.0. The van der Waals surface area contributed by atoms with Gasteiger partial charge in [0.15, 0.2) is 90.9 Å². The van der Waals surface area contributed by atoms with E-state index < -0.39 is 152 Å². The Kier molecular flexibility index (Phi) is 25.9. The third-order valence-corrected chi connectivity index (χ3v) is 26.6. The second-order valence-corrected chi connectivity index (χ2v) is 35.2. The van der Waals surface area contributed by atoms with Crippen LogP contribution in [-0.4, -0.2) is 217 Å².